The van der Waals surface area contributed by atoms with Gasteiger partial charge in [-0.15, -0.1) is 0 Å². The molecule has 2 nitrogen and oxygen atoms in total. The molecule has 0 spiro atoms. The summed E-state index contributed by atoms with van der Waals surface area (Å²) in [4.78, 5) is 0. The van der Waals surface area contributed by atoms with E-state index in [0.717, 1.165) is 31.0 Å². The van der Waals surface area contributed by atoms with Gasteiger partial charge in [-0.2, -0.15) is 0 Å². The van der Waals surface area contributed by atoms with E-state index in [9.17, 15) is 0 Å². The highest BCUT2D eigenvalue weighted by atomic mass is 16.3. The van der Waals surface area contributed by atoms with Crippen LogP contribution in [-0.2, 0) is 6.54 Å². The van der Waals surface area contributed by atoms with Gasteiger partial charge in [0.15, 0.2) is 0 Å². The number of aryl methyl sites for hydroxylation is 1. The quantitative estimate of drug-likeness (QED) is 0.734. The number of hydrogen-bond donors (Lipinski definition) is 1. The van der Waals surface area contributed by atoms with E-state index in [1.165, 1.54) is 40.7 Å². The lowest BCUT2D eigenvalue weighted by Gasteiger charge is -2.08. The molecule has 1 heterocycles. The van der Waals surface area contributed by atoms with E-state index < -0.39 is 0 Å². The van der Waals surface area contributed by atoms with Crippen LogP contribution in [0.5, 0.6) is 0 Å². The van der Waals surface area contributed by atoms with Crippen molar-refractivity contribution in [2.75, 3.05) is 6.54 Å². The number of fused-ring (bicyclic) bond motifs is 1. The fourth-order valence-electron chi connectivity index (χ4n) is 3.23. The molecule has 1 aliphatic rings. The molecule has 0 saturated heterocycles. The standard InChI is InChI=1S/C19H27NO/c1-5-10-20-11-16-18(14-7-8-14)17-13(4)6-9-15(12(2)3)19(17)21-16/h6,9,12,14,20H,5,7-8,10-11H2,1-4H3. The van der Waals surface area contributed by atoms with Crippen molar-refractivity contribution in [2.24, 2.45) is 0 Å². The number of furan rings is 1. The fourth-order valence-corrected chi connectivity index (χ4v) is 3.23. The summed E-state index contributed by atoms with van der Waals surface area (Å²) in [6.07, 6.45) is 3.80. The van der Waals surface area contributed by atoms with Gasteiger partial charge in [0.05, 0.1) is 6.54 Å². The zero-order valence-electron chi connectivity index (χ0n) is 13.8. The van der Waals surface area contributed by atoms with Crippen LogP contribution in [0, 0.1) is 6.92 Å². The van der Waals surface area contributed by atoms with Crippen LogP contribution in [0.4, 0.5) is 0 Å². The molecular formula is C19H27NO. The van der Waals surface area contributed by atoms with E-state index >= 15 is 0 Å². The summed E-state index contributed by atoms with van der Waals surface area (Å²) in [5, 5.41) is 4.91. The summed E-state index contributed by atoms with van der Waals surface area (Å²) in [7, 11) is 0. The fraction of sp³-hybridized carbons (Fsp3) is 0.579. The molecule has 2 heteroatoms. The molecule has 1 aromatic carbocycles. The van der Waals surface area contributed by atoms with Crippen LogP contribution in [0.3, 0.4) is 0 Å². The number of benzene rings is 1. The number of nitrogens with one attached hydrogen (secondary N) is 1. The van der Waals surface area contributed by atoms with Gasteiger partial charge in [0, 0.05) is 10.9 Å². The van der Waals surface area contributed by atoms with Gasteiger partial charge in [-0.1, -0.05) is 32.9 Å². The van der Waals surface area contributed by atoms with Gasteiger partial charge in [0.1, 0.15) is 11.3 Å². The zero-order valence-corrected chi connectivity index (χ0v) is 13.8. The third-order valence-corrected chi connectivity index (χ3v) is 4.51. The van der Waals surface area contributed by atoms with Gasteiger partial charge >= 0.3 is 0 Å². The molecule has 3 rings (SSSR count). The van der Waals surface area contributed by atoms with E-state index in [0.29, 0.717) is 5.92 Å². The zero-order chi connectivity index (χ0) is 15.0. The van der Waals surface area contributed by atoms with Crippen LogP contribution in [-0.4, -0.2) is 6.54 Å². The Kier molecular flexibility index (Phi) is 4.08. The lowest BCUT2D eigenvalue weighted by molar-refractivity contribution is 0.504. The first-order valence-corrected chi connectivity index (χ1v) is 8.39. The summed E-state index contributed by atoms with van der Waals surface area (Å²) in [5.41, 5.74) is 5.34. The van der Waals surface area contributed by atoms with Crippen molar-refractivity contribution >= 4 is 11.0 Å². The molecule has 1 N–H and O–H groups in total. The highest BCUT2D eigenvalue weighted by Gasteiger charge is 2.32. The predicted molar refractivity (Wildman–Crippen MR) is 89.0 cm³/mol. The molecule has 0 amide bonds. The minimum Gasteiger partial charge on any atom is -0.459 e. The first-order chi connectivity index (χ1) is 10.1. The molecule has 0 atom stereocenters. The molecule has 0 bridgehead atoms. The van der Waals surface area contributed by atoms with Crippen molar-refractivity contribution in [3.05, 3.63) is 34.6 Å². The average molecular weight is 285 g/mol. The summed E-state index contributed by atoms with van der Waals surface area (Å²) in [5.74, 6) is 2.41. The Balaban J connectivity index is 2.11. The van der Waals surface area contributed by atoms with Gasteiger partial charge in [-0.05, 0) is 55.7 Å². The second kappa shape index (κ2) is 5.84. The summed E-state index contributed by atoms with van der Waals surface area (Å²) < 4.78 is 6.36. The second-order valence-electron chi connectivity index (χ2n) is 6.72. The maximum Gasteiger partial charge on any atom is 0.138 e. The van der Waals surface area contributed by atoms with Gasteiger partial charge in [0.25, 0.3) is 0 Å². The van der Waals surface area contributed by atoms with Crippen LogP contribution in [0.15, 0.2) is 16.5 Å². The van der Waals surface area contributed by atoms with Crippen LogP contribution < -0.4 is 5.32 Å². The smallest absolute Gasteiger partial charge is 0.138 e. The Bertz CT molecular complexity index is 635. The molecular weight excluding hydrogens is 258 g/mol. The third-order valence-electron chi connectivity index (χ3n) is 4.51. The van der Waals surface area contributed by atoms with E-state index in [1.54, 1.807) is 0 Å². The Morgan fingerprint density at radius 1 is 1.29 bits per heavy atom. The molecule has 2 aromatic rings. The molecule has 21 heavy (non-hydrogen) atoms. The number of hydrogen-bond acceptors (Lipinski definition) is 2. The van der Waals surface area contributed by atoms with Crippen molar-refractivity contribution in [3.8, 4) is 0 Å². The largest absolute Gasteiger partial charge is 0.459 e. The lowest BCUT2D eigenvalue weighted by Crippen LogP contribution is -2.14. The van der Waals surface area contributed by atoms with E-state index in [-0.39, 0.29) is 0 Å². The first-order valence-electron chi connectivity index (χ1n) is 8.39. The van der Waals surface area contributed by atoms with Crippen molar-refractivity contribution < 1.29 is 4.42 Å². The predicted octanol–water partition coefficient (Wildman–Crippen LogP) is 5.24. The molecule has 0 aliphatic heterocycles. The van der Waals surface area contributed by atoms with Crippen molar-refractivity contribution in [3.63, 3.8) is 0 Å². The van der Waals surface area contributed by atoms with Crippen molar-refractivity contribution in [1.29, 1.82) is 0 Å². The molecule has 1 fully saturated rings. The van der Waals surface area contributed by atoms with Gasteiger partial charge in [-0.25, -0.2) is 0 Å². The van der Waals surface area contributed by atoms with Gasteiger partial charge < -0.3 is 9.73 Å². The minimum atomic E-state index is 0.503. The van der Waals surface area contributed by atoms with Crippen LogP contribution in [0.2, 0.25) is 0 Å². The molecule has 0 radical (unpaired) electrons. The first kappa shape index (κ1) is 14.6. The van der Waals surface area contributed by atoms with Gasteiger partial charge in [0.2, 0.25) is 0 Å². The van der Waals surface area contributed by atoms with E-state index in [2.05, 4.69) is 45.1 Å². The average Bonchev–Trinajstić information content (AvgIpc) is 3.20. The highest BCUT2D eigenvalue weighted by Crippen LogP contribution is 2.48. The minimum absolute atomic E-state index is 0.503. The second-order valence-corrected chi connectivity index (χ2v) is 6.72. The Morgan fingerprint density at radius 2 is 2.05 bits per heavy atom. The molecule has 114 valence electrons. The highest BCUT2D eigenvalue weighted by molar-refractivity contribution is 5.89. The lowest BCUT2D eigenvalue weighted by atomic mass is 9.95. The molecule has 1 saturated carbocycles. The van der Waals surface area contributed by atoms with Crippen LogP contribution in [0.1, 0.15) is 74.3 Å². The van der Waals surface area contributed by atoms with Crippen LogP contribution >= 0.6 is 0 Å². The molecule has 0 unspecified atom stereocenters. The Labute approximate surface area is 127 Å². The molecule has 1 aliphatic carbocycles. The van der Waals surface area contributed by atoms with Crippen molar-refractivity contribution in [1.82, 2.24) is 5.32 Å². The Morgan fingerprint density at radius 3 is 2.67 bits per heavy atom. The normalized spacial score (nSPS) is 15.3. The van der Waals surface area contributed by atoms with E-state index in [1.807, 2.05) is 0 Å². The summed E-state index contributed by atoms with van der Waals surface area (Å²) in [6, 6.07) is 4.51. The third kappa shape index (κ3) is 2.74. The van der Waals surface area contributed by atoms with Crippen molar-refractivity contribution in [2.45, 2.75) is 65.3 Å². The molecule has 1 aromatic heterocycles. The summed E-state index contributed by atoms with van der Waals surface area (Å²) in [6.45, 7) is 10.8. The maximum atomic E-state index is 6.36. The Hall–Kier alpha value is -1.28. The van der Waals surface area contributed by atoms with Crippen LogP contribution in [0.25, 0.3) is 11.0 Å². The number of rotatable bonds is 6. The topological polar surface area (TPSA) is 25.2 Å². The SMILES string of the molecule is CCCNCc1oc2c(C(C)C)ccc(C)c2c1C1CC1. The summed E-state index contributed by atoms with van der Waals surface area (Å²) >= 11 is 0. The monoisotopic (exact) mass is 285 g/mol. The van der Waals surface area contributed by atoms with Gasteiger partial charge in [-0.3, -0.25) is 0 Å². The van der Waals surface area contributed by atoms with E-state index in [4.69, 9.17) is 4.42 Å². The maximum absolute atomic E-state index is 6.36.